The van der Waals surface area contributed by atoms with Crippen LogP contribution in [0.5, 0.6) is 5.75 Å². The molecule has 1 atom stereocenters. The van der Waals surface area contributed by atoms with Gasteiger partial charge in [0.2, 0.25) is 5.91 Å². The largest absolute Gasteiger partial charge is 0.490 e. The molecule has 4 rings (SSSR count). The number of rotatable bonds is 4. The third kappa shape index (κ3) is 3.70. The maximum Gasteiger partial charge on any atom is 0.325 e. The maximum absolute atomic E-state index is 12.9. The first-order valence-electron chi connectivity index (χ1n) is 10.4. The van der Waals surface area contributed by atoms with Gasteiger partial charge in [0.05, 0.1) is 0 Å². The second-order valence-corrected chi connectivity index (χ2v) is 8.91. The zero-order valence-corrected chi connectivity index (χ0v) is 17.4. The Morgan fingerprint density at radius 3 is 2.72 bits per heavy atom. The van der Waals surface area contributed by atoms with Crippen molar-refractivity contribution in [3.8, 4) is 5.75 Å². The number of carbonyl (C=O) groups is 3. The molecule has 2 heterocycles. The summed E-state index contributed by atoms with van der Waals surface area (Å²) in [5.41, 5.74) is 1.35. The summed E-state index contributed by atoms with van der Waals surface area (Å²) < 4.78 is 5.72. The van der Waals surface area contributed by atoms with Gasteiger partial charge >= 0.3 is 6.03 Å². The lowest BCUT2D eigenvalue weighted by molar-refractivity contribution is -0.139. The number of fused-ring (bicyclic) bond motifs is 1. The van der Waals surface area contributed by atoms with Crippen molar-refractivity contribution >= 4 is 17.8 Å². The van der Waals surface area contributed by atoms with Crippen LogP contribution in [0.3, 0.4) is 0 Å². The quantitative estimate of drug-likeness (QED) is 0.789. The lowest BCUT2D eigenvalue weighted by atomic mass is 9.77. The summed E-state index contributed by atoms with van der Waals surface area (Å²) in [6.45, 7) is 4.40. The first-order valence-corrected chi connectivity index (χ1v) is 10.4. The van der Waals surface area contributed by atoms with Crippen LogP contribution in [0.25, 0.3) is 0 Å². The number of carbonyl (C=O) groups excluding carboxylic acids is 3. The minimum absolute atomic E-state index is 0.175. The number of nitrogens with zero attached hydrogens (tertiary/aromatic N) is 2. The predicted molar refractivity (Wildman–Crippen MR) is 107 cm³/mol. The van der Waals surface area contributed by atoms with Gasteiger partial charge in [-0.15, -0.1) is 0 Å². The molecule has 3 aliphatic rings. The summed E-state index contributed by atoms with van der Waals surface area (Å²) >= 11 is 0. The molecule has 0 bridgehead atoms. The average Bonchev–Trinajstić information content (AvgIpc) is 3.15. The number of nitrogens with one attached hydrogen (secondary N) is 1. The highest BCUT2D eigenvalue weighted by atomic mass is 16.5. The molecule has 1 aliphatic carbocycles. The van der Waals surface area contributed by atoms with Gasteiger partial charge in [-0.2, -0.15) is 0 Å². The molecule has 7 nitrogen and oxygen atoms in total. The van der Waals surface area contributed by atoms with Crippen LogP contribution >= 0.6 is 0 Å². The third-order valence-corrected chi connectivity index (χ3v) is 6.47. The van der Waals surface area contributed by atoms with Crippen LogP contribution in [0.1, 0.15) is 50.7 Å². The molecule has 1 aromatic carbocycles. The number of ether oxygens (including phenoxy) is 1. The van der Waals surface area contributed by atoms with Crippen molar-refractivity contribution in [3.63, 3.8) is 0 Å². The molecule has 1 aromatic rings. The zero-order valence-electron chi connectivity index (χ0n) is 17.4. The molecular formula is C22H29N3O4. The van der Waals surface area contributed by atoms with Crippen molar-refractivity contribution in [3.05, 3.63) is 29.3 Å². The van der Waals surface area contributed by atoms with Crippen molar-refractivity contribution < 1.29 is 19.1 Å². The molecule has 1 N–H and O–H groups in total. The van der Waals surface area contributed by atoms with Crippen molar-refractivity contribution in [2.24, 2.45) is 5.92 Å². The van der Waals surface area contributed by atoms with E-state index in [1.165, 1.54) is 0 Å². The van der Waals surface area contributed by atoms with Crippen LogP contribution in [-0.2, 0) is 22.6 Å². The van der Waals surface area contributed by atoms with Gasteiger partial charge in [-0.05, 0) is 55.7 Å². The van der Waals surface area contributed by atoms with E-state index in [1.54, 1.807) is 11.9 Å². The Balaban J connectivity index is 1.38. The highest BCUT2D eigenvalue weighted by molar-refractivity contribution is 6.09. The molecule has 0 aromatic heterocycles. The van der Waals surface area contributed by atoms with E-state index in [1.807, 2.05) is 19.1 Å². The SMILES string of the molecule is CC1CCC2(CC1)NC(=O)N(CC(=O)N(C)Cc1ccc3c(c1)C[C@H](C)O3)C2=O. The second-order valence-electron chi connectivity index (χ2n) is 8.91. The van der Waals surface area contributed by atoms with Crippen LogP contribution in [0.4, 0.5) is 4.79 Å². The van der Waals surface area contributed by atoms with Gasteiger partial charge in [0, 0.05) is 20.0 Å². The number of benzene rings is 1. The summed E-state index contributed by atoms with van der Waals surface area (Å²) in [6, 6.07) is 5.51. The van der Waals surface area contributed by atoms with E-state index in [4.69, 9.17) is 4.74 Å². The third-order valence-electron chi connectivity index (χ3n) is 6.47. The fourth-order valence-electron chi connectivity index (χ4n) is 4.61. The number of hydrogen-bond donors (Lipinski definition) is 1. The smallest absolute Gasteiger partial charge is 0.325 e. The minimum Gasteiger partial charge on any atom is -0.490 e. The van der Waals surface area contributed by atoms with E-state index in [0.717, 1.165) is 41.0 Å². The van der Waals surface area contributed by atoms with Crippen molar-refractivity contribution in [2.75, 3.05) is 13.6 Å². The summed E-state index contributed by atoms with van der Waals surface area (Å²) in [5, 5.41) is 2.87. The minimum atomic E-state index is -0.806. The molecule has 1 saturated carbocycles. The van der Waals surface area contributed by atoms with Crippen LogP contribution in [0.15, 0.2) is 18.2 Å². The van der Waals surface area contributed by atoms with Gasteiger partial charge in [-0.1, -0.05) is 19.1 Å². The Bertz CT molecular complexity index is 844. The fraction of sp³-hybridized carbons (Fsp3) is 0.591. The number of likely N-dealkylation sites (N-methyl/N-ethyl adjacent to an activating group) is 1. The van der Waals surface area contributed by atoms with E-state index >= 15 is 0 Å². The average molecular weight is 399 g/mol. The molecular weight excluding hydrogens is 370 g/mol. The van der Waals surface area contributed by atoms with E-state index in [2.05, 4.69) is 18.3 Å². The predicted octanol–water partition coefficient (Wildman–Crippen LogP) is 2.47. The molecule has 29 heavy (non-hydrogen) atoms. The fourth-order valence-corrected chi connectivity index (χ4v) is 4.61. The highest BCUT2D eigenvalue weighted by Gasteiger charge is 2.52. The first-order chi connectivity index (χ1) is 13.8. The Labute approximate surface area is 171 Å². The van der Waals surface area contributed by atoms with Gasteiger partial charge < -0.3 is 15.0 Å². The van der Waals surface area contributed by atoms with Crippen molar-refractivity contribution in [1.29, 1.82) is 0 Å². The molecule has 0 unspecified atom stereocenters. The number of amides is 4. The van der Waals surface area contributed by atoms with Crippen LogP contribution in [-0.4, -0.2) is 52.9 Å². The Kier molecular flexibility index (Phi) is 5.00. The molecule has 1 spiro atoms. The summed E-state index contributed by atoms with van der Waals surface area (Å²) in [7, 11) is 1.70. The standard InChI is InChI=1S/C22H29N3O4/c1-14-6-8-22(9-7-14)20(27)25(21(28)23-22)13-19(26)24(3)12-16-4-5-18-17(11-16)10-15(2)29-18/h4-5,11,14-15H,6-10,12-13H2,1-3H3,(H,23,28)/t14?,15-,22?/m0/s1. The van der Waals surface area contributed by atoms with Gasteiger partial charge in [0.1, 0.15) is 23.9 Å². The number of urea groups is 1. The number of imide groups is 1. The van der Waals surface area contributed by atoms with Crippen LogP contribution in [0, 0.1) is 5.92 Å². The molecule has 1 saturated heterocycles. The van der Waals surface area contributed by atoms with Crippen LogP contribution in [0.2, 0.25) is 0 Å². The van der Waals surface area contributed by atoms with Gasteiger partial charge in [0.25, 0.3) is 5.91 Å². The van der Waals surface area contributed by atoms with E-state index in [0.29, 0.717) is 25.3 Å². The van der Waals surface area contributed by atoms with Gasteiger partial charge in [-0.25, -0.2) is 4.79 Å². The Morgan fingerprint density at radius 1 is 1.28 bits per heavy atom. The summed E-state index contributed by atoms with van der Waals surface area (Å²) in [4.78, 5) is 40.7. The molecule has 0 radical (unpaired) electrons. The van der Waals surface area contributed by atoms with Gasteiger partial charge in [-0.3, -0.25) is 14.5 Å². The molecule has 2 fully saturated rings. The van der Waals surface area contributed by atoms with Crippen LogP contribution < -0.4 is 10.1 Å². The molecule has 7 heteroatoms. The lowest BCUT2D eigenvalue weighted by Crippen LogP contribution is -2.50. The zero-order chi connectivity index (χ0) is 20.8. The summed E-state index contributed by atoms with van der Waals surface area (Å²) in [6.07, 6.45) is 4.16. The second kappa shape index (κ2) is 7.35. The topological polar surface area (TPSA) is 79.0 Å². The molecule has 156 valence electrons. The van der Waals surface area contributed by atoms with E-state index in [-0.39, 0.29) is 24.5 Å². The van der Waals surface area contributed by atoms with Crippen molar-refractivity contribution in [2.45, 2.75) is 64.1 Å². The number of hydrogen-bond acceptors (Lipinski definition) is 4. The first kappa shape index (κ1) is 19.7. The van der Waals surface area contributed by atoms with E-state index in [9.17, 15) is 14.4 Å². The lowest BCUT2D eigenvalue weighted by Gasteiger charge is -2.33. The summed E-state index contributed by atoms with van der Waals surface area (Å²) in [5.74, 6) is 0.967. The highest BCUT2D eigenvalue weighted by Crippen LogP contribution is 2.36. The normalized spacial score (nSPS) is 28.3. The monoisotopic (exact) mass is 399 g/mol. The Morgan fingerprint density at radius 2 is 2.00 bits per heavy atom. The van der Waals surface area contributed by atoms with Gasteiger partial charge in [0.15, 0.2) is 0 Å². The maximum atomic E-state index is 12.9. The van der Waals surface area contributed by atoms with Crippen molar-refractivity contribution in [1.82, 2.24) is 15.1 Å². The van der Waals surface area contributed by atoms with E-state index < -0.39 is 11.6 Å². The molecule has 2 aliphatic heterocycles. The Hall–Kier alpha value is -2.57. The molecule has 4 amide bonds.